The lowest BCUT2D eigenvalue weighted by Crippen LogP contribution is -2.36. The number of hydrogen-bond acceptors (Lipinski definition) is 10. The molecule has 1 amide bonds. The number of nitrogens with zero attached hydrogens (tertiary/aromatic N) is 3. The first-order valence-corrected chi connectivity index (χ1v) is 12.7. The van der Waals surface area contributed by atoms with Gasteiger partial charge in [-0.15, -0.1) is 0 Å². The first kappa shape index (κ1) is 30.0. The Morgan fingerprint density at radius 3 is 2.77 bits per heavy atom. The Labute approximate surface area is 232 Å². The highest BCUT2D eigenvalue weighted by Crippen LogP contribution is 2.32. The molecule has 212 valence electrons. The summed E-state index contributed by atoms with van der Waals surface area (Å²) in [7, 11) is 3.41. The molecule has 0 radical (unpaired) electrons. The van der Waals surface area contributed by atoms with Gasteiger partial charge in [0.15, 0.2) is 23.2 Å². The van der Waals surface area contributed by atoms with Crippen LogP contribution in [-0.4, -0.2) is 55.9 Å². The van der Waals surface area contributed by atoms with Crippen molar-refractivity contribution >= 4 is 35.7 Å². The predicted octanol–water partition coefficient (Wildman–Crippen LogP) is 2.80. The number of nitrogens with two attached hydrogens (primary N) is 1. The second-order valence-corrected chi connectivity index (χ2v) is 8.78. The lowest BCUT2D eigenvalue weighted by Gasteiger charge is -2.26. The van der Waals surface area contributed by atoms with E-state index in [4.69, 9.17) is 15.9 Å². The summed E-state index contributed by atoms with van der Waals surface area (Å²) in [6, 6.07) is 11.0. The van der Waals surface area contributed by atoms with Crippen molar-refractivity contribution in [2.24, 2.45) is 5.10 Å². The Morgan fingerprint density at radius 2 is 2.12 bits per heavy atom. The smallest absolute Gasteiger partial charge is 0.212 e. The quantitative estimate of drug-likeness (QED) is 0.0773. The molecule has 3 aromatic rings. The number of ether oxygens (including phenoxy) is 1. The average Bonchev–Trinajstić information content (AvgIpc) is 2.96. The summed E-state index contributed by atoms with van der Waals surface area (Å²) in [5.41, 5.74) is 9.55. The fourth-order valence-corrected chi connectivity index (χ4v) is 4.11. The van der Waals surface area contributed by atoms with Gasteiger partial charge in [0.1, 0.15) is 12.6 Å². The Balaban J connectivity index is 2.21. The molecule has 0 aliphatic heterocycles. The van der Waals surface area contributed by atoms with Crippen molar-refractivity contribution < 1.29 is 19.0 Å². The molecule has 7 N–H and O–H groups in total. The van der Waals surface area contributed by atoms with Crippen molar-refractivity contribution in [3.63, 3.8) is 0 Å². The maximum Gasteiger partial charge on any atom is 0.212 e. The fraction of sp³-hybridized carbons (Fsp3) is 0.286. The van der Waals surface area contributed by atoms with Gasteiger partial charge in [0.25, 0.3) is 0 Å². The van der Waals surface area contributed by atoms with Crippen LogP contribution in [0.25, 0.3) is 0 Å². The number of rotatable bonds is 14. The van der Waals surface area contributed by atoms with E-state index in [1.54, 1.807) is 56.7 Å². The van der Waals surface area contributed by atoms with Crippen LogP contribution in [0.5, 0.6) is 5.75 Å². The third-order valence-electron chi connectivity index (χ3n) is 6.03. The van der Waals surface area contributed by atoms with Crippen molar-refractivity contribution in [2.45, 2.75) is 25.9 Å². The zero-order chi connectivity index (χ0) is 29.1. The molecule has 1 atom stereocenters. The maximum atomic E-state index is 16.0. The van der Waals surface area contributed by atoms with Crippen molar-refractivity contribution in [2.75, 3.05) is 43.4 Å². The highest BCUT2D eigenvalue weighted by Gasteiger charge is 2.26. The summed E-state index contributed by atoms with van der Waals surface area (Å²) in [5, 5.41) is 31.9. The fourth-order valence-electron chi connectivity index (χ4n) is 4.11. The van der Waals surface area contributed by atoms with E-state index in [1.807, 2.05) is 13.0 Å². The zero-order valence-corrected chi connectivity index (χ0v) is 22.7. The summed E-state index contributed by atoms with van der Waals surface area (Å²) in [5.74, 6) is -0.296. The van der Waals surface area contributed by atoms with E-state index in [0.29, 0.717) is 36.6 Å². The number of aromatic nitrogens is 1. The maximum absolute atomic E-state index is 16.0. The van der Waals surface area contributed by atoms with Gasteiger partial charge in [0, 0.05) is 37.3 Å². The van der Waals surface area contributed by atoms with E-state index in [-0.39, 0.29) is 30.4 Å². The van der Waals surface area contributed by atoms with Crippen molar-refractivity contribution in [3.8, 4) is 5.75 Å². The monoisotopic (exact) mass is 550 g/mol. The number of halogens is 1. The van der Waals surface area contributed by atoms with Crippen molar-refractivity contribution in [3.05, 3.63) is 76.7 Å². The van der Waals surface area contributed by atoms with Gasteiger partial charge >= 0.3 is 0 Å². The van der Waals surface area contributed by atoms with Gasteiger partial charge in [0.05, 0.1) is 12.3 Å². The van der Waals surface area contributed by atoms with Crippen LogP contribution in [0.1, 0.15) is 35.2 Å². The summed E-state index contributed by atoms with van der Waals surface area (Å²) < 4.78 is 21.5. The minimum Gasteiger partial charge on any atom is -0.488 e. The normalized spacial score (nSPS) is 12.0. The minimum absolute atomic E-state index is 0.0296. The third-order valence-corrected chi connectivity index (χ3v) is 6.03. The van der Waals surface area contributed by atoms with Gasteiger partial charge < -0.3 is 36.9 Å². The Bertz CT molecular complexity index is 1350. The number of aryl methyl sites for hydroxylation is 1. The van der Waals surface area contributed by atoms with Crippen LogP contribution in [0.2, 0.25) is 0 Å². The number of amides is 1. The number of pyridine rings is 1. The van der Waals surface area contributed by atoms with Gasteiger partial charge in [-0.3, -0.25) is 4.79 Å². The van der Waals surface area contributed by atoms with Gasteiger partial charge in [-0.2, -0.15) is 5.10 Å². The van der Waals surface area contributed by atoms with Gasteiger partial charge in [-0.1, -0.05) is 19.1 Å². The molecule has 1 unspecified atom stereocenters. The van der Waals surface area contributed by atoms with Crippen molar-refractivity contribution in [1.82, 2.24) is 15.6 Å². The number of carbonyl (C=O) groups excluding carboxylic acids is 1. The van der Waals surface area contributed by atoms with Crippen molar-refractivity contribution in [1.29, 1.82) is 5.41 Å². The molecule has 2 aromatic carbocycles. The van der Waals surface area contributed by atoms with Crippen LogP contribution >= 0.6 is 0 Å². The molecule has 0 bridgehead atoms. The number of nitrogens with one attached hydrogen (secondary N) is 4. The SMILES string of the molecule is CCc1cc(OCCO)c(F)c(C(Nc2ccc(C=N)c(CNC)c2)/C(=N/N(C)c2ncccc2N)NC=O)c1. The van der Waals surface area contributed by atoms with Crippen LogP contribution in [0.3, 0.4) is 0 Å². The van der Waals surface area contributed by atoms with E-state index in [1.165, 1.54) is 11.2 Å². The Kier molecular flexibility index (Phi) is 10.9. The highest BCUT2D eigenvalue weighted by molar-refractivity contribution is 5.98. The molecule has 1 heterocycles. The number of carbonyl (C=O) groups is 1. The number of hydrazone groups is 1. The number of nitrogen functional groups attached to an aromatic ring is 1. The van der Waals surface area contributed by atoms with E-state index in [9.17, 15) is 9.90 Å². The molecule has 0 aliphatic carbocycles. The van der Waals surface area contributed by atoms with Gasteiger partial charge in [0.2, 0.25) is 6.41 Å². The zero-order valence-electron chi connectivity index (χ0n) is 22.7. The molecule has 3 rings (SSSR count). The molecule has 0 spiro atoms. The first-order valence-electron chi connectivity index (χ1n) is 12.7. The van der Waals surface area contributed by atoms with Crippen LogP contribution in [0.15, 0.2) is 53.8 Å². The number of amidine groups is 1. The van der Waals surface area contributed by atoms with Crippen LogP contribution in [0, 0.1) is 11.2 Å². The Hall–Kier alpha value is -4.55. The lowest BCUT2D eigenvalue weighted by atomic mass is 9.99. The average molecular weight is 551 g/mol. The molecule has 12 heteroatoms. The molecule has 40 heavy (non-hydrogen) atoms. The first-order chi connectivity index (χ1) is 19.4. The van der Waals surface area contributed by atoms with Crippen LogP contribution < -0.4 is 31.4 Å². The highest BCUT2D eigenvalue weighted by atomic mass is 19.1. The molecular formula is C28H35FN8O3. The van der Waals surface area contributed by atoms with E-state index in [0.717, 1.165) is 16.7 Å². The second kappa shape index (κ2) is 14.6. The van der Waals surface area contributed by atoms with E-state index in [2.05, 4.69) is 26.0 Å². The topological polar surface area (TPSA) is 161 Å². The number of aliphatic hydroxyl groups excluding tert-OH is 1. The standard InChI is InChI=1S/C28H35FN8O3/c1-4-18-12-22(25(29)24(13-18)40-11-10-38)26(35-21-8-7-19(15-30)20(14-21)16-32-2)27(34-17-39)36-37(3)28-23(31)6-5-9-33-28/h5-9,12-15,17,26,30,32,35,38H,4,10-11,16,31H2,1-3H3,(H,34,36,39). The number of aliphatic hydroxyl groups is 1. The second-order valence-electron chi connectivity index (χ2n) is 8.78. The number of anilines is 3. The lowest BCUT2D eigenvalue weighted by molar-refractivity contribution is -0.108. The molecule has 0 fully saturated rings. The van der Waals surface area contributed by atoms with E-state index >= 15 is 4.39 Å². The summed E-state index contributed by atoms with van der Waals surface area (Å²) >= 11 is 0. The molecular weight excluding hydrogens is 515 g/mol. The van der Waals surface area contributed by atoms with Crippen LogP contribution in [-0.2, 0) is 17.8 Å². The summed E-state index contributed by atoms with van der Waals surface area (Å²) in [4.78, 5) is 16.0. The number of benzene rings is 2. The van der Waals surface area contributed by atoms with Crippen LogP contribution in [0.4, 0.5) is 21.6 Å². The summed E-state index contributed by atoms with van der Waals surface area (Å²) in [6.07, 6.45) is 3.85. The van der Waals surface area contributed by atoms with Gasteiger partial charge in [-0.25, -0.2) is 14.4 Å². The summed E-state index contributed by atoms with van der Waals surface area (Å²) in [6.45, 7) is 2.05. The largest absolute Gasteiger partial charge is 0.488 e. The molecule has 0 saturated carbocycles. The Morgan fingerprint density at radius 1 is 1.32 bits per heavy atom. The van der Waals surface area contributed by atoms with E-state index < -0.39 is 11.9 Å². The van der Waals surface area contributed by atoms with Gasteiger partial charge in [-0.05, 0) is 60.5 Å². The predicted molar refractivity (Wildman–Crippen MR) is 156 cm³/mol. The third kappa shape index (κ3) is 7.30. The molecule has 1 aromatic heterocycles. The molecule has 0 aliphatic rings. The molecule has 0 saturated heterocycles. The minimum atomic E-state index is -1.01. The molecule has 11 nitrogen and oxygen atoms in total. The number of hydrogen-bond donors (Lipinski definition) is 6.